The number of carbonyl (C=O) groups excluding carboxylic acids is 1. The number of phenols is 1. The summed E-state index contributed by atoms with van der Waals surface area (Å²) in [6, 6.07) is 11.9. The van der Waals surface area contributed by atoms with Crippen molar-refractivity contribution in [1.29, 1.82) is 0 Å². The number of hydrogen-bond acceptors (Lipinski definition) is 7. The van der Waals surface area contributed by atoms with E-state index in [0.717, 1.165) is 0 Å². The maximum atomic E-state index is 11.8. The third-order valence-electron chi connectivity index (χ3n) is 3.54. The van der Waals surface area contributed by atoms with Crippen molar-refractivity contribution in [2.75, 3.05) is 13.2 Å². The van der Waals surface area contributed by atoms with Gasteiger partial charge in [-0.1, -0.05) is 18.2 Å². The smallest absolute Gasteiger partial charge is 0.310 e. The van der Waals surface area contributed by atoms with E-state index in [9.17, 15) is 15.0 Å². The lowest BCUT2D eigenvalue weighted by atomic mass is 10.1. The Balaban J connectivity index is 1.79. The van der Waals surface area contributed by atoms with Gasteiger partial charge in [0.15, 0.2) is 0 Å². The third-order valence-corrected chi connectivity index (χ3v) is 3.54. The largest absolute Gasteiger partial charge is 0.506 e. The Morgan fingerprint density at radius 2 is 1.84 bits per heavy atom. The number of rotatable bonds is 6. The minimum absolute atomic E-state index is 0.0203. The van der Waals surface area contributed by atoms with Crippen molar-refractivity contribution in [3.63, 3.8) is 0 Å². The minimum Gasteiger partial charge on any atom is -0.506 e. The van der Waals surface area contributed by atoms with Crippen molar-refractivity contribution < 1.29 is 24.9 Å². The number of phenolic OH excluding ortho intramolecular Hbond substituents is 1. The van der Waals surface area contributed by atoms with E-state index >= 15 is 0 Å². The molecule has 0 radical (unpaired) electrons. The number of fused-ring (bicyclic) bond motifs is 1. The van der Waals surface area contributed by atoms with Crippen molar-refractivity contribution in [2.45, 2.75) is 12.5 Å². The summed E-state index contributed by atoms with van der Waals surface area (Å²) in [4.78, 5) is 13.1. The maximum absolute atomic E-state index is 11.8. The second-order valence-electron chi connectivity index (χ2n) is 5.50. The van der Waals surface area contributed by atoms with Crippen molar-refractivity contribution >= 4 is 17.0 Å². The predicted molar refractivity (Wildman–Crippen MR) is 88.3 cm³/mol. The van der Waals surface area contributed by atoms with Gasteiger partial charge in [0.2, 0.25) is 0 Å². The summed E-state index contributed by atoms with van der Waals surface area (Å²) in [5.74, 6) is -0.573. The number of esters is 1. The Morgan fingerprint density at radius 3 is 2.48 bits per heavy atom. The molecule has 130 valence electrons. The van der Waals surface area contributed by atoms with Gasteiger partial charge in [0, 0.05) is 0 Å². The minimum atomic E-state index is -1.10. The molecule has 1 atom stereocenters. The Bertz CT molecular complexity index is 860. The molecule has 3 N–H and O–H groups in total. The molecule has 2 aromatic carbocycles. The van der Waals surface area contributed by atoms with Crippen LogP contribution in [0.1, 0.15) is 5.56 Å². The summed E-state index contributed by atoms with van der Waals surface area (Å²) in [6.45, 7) is -0.748. The number of ether oxygens (including phenoxy) is 1. The van der Waals surface area contributed by atoms with Crippen molar-refractivity contribution in [3.05, 3.63) is 48.0 Å². The van der Waals surface area contributed by atoms with Crippen LogP contribution in [-0.4, -0.2) is 55.6 Å². The summed E-state index contributed by atoms with van der Waals surface area (Å²) >= 11 is 0. The Morgan fingerprint density at radius 1 is 1.16 bits per heavy atom. The standard InChI is InChI=1S/C17H17N3O5/c21-9-12(22)10-25-17(24)8-11-5-6-16(23)15(7-11)20-18-13-3-1-2-4-14(13)19-20/h1-7,12,21-23H,8-10H2. The van der Waals surface area contributed by atoms with E-state index in [1.54, 1.807) is 12.1 Å². The molecule has 0 fully saturated rings. The second kappa shape index (κ2) is 7.29. The van der Waals surface area contributed by atoms with Crippen LogP contribution in [0, 0.1) is 0 Å². The first-order valence-electron chi connectivity index (χ1n) is 7.65. The fourth-order valence-electron chi connectivity index (χ4n) is 2.27. The molecular formula is C17H17N3O5. The lowest BCUT2D eigenvalue weighted by Gasteiger charge is -2.09. The van der Waals surface area contributed by atoms with Crippen LogP contribution in [0.4, 0.5) is 0 Å². The second-order valence-corrected chi connectivity index (χ2v) is 5.50. The number of aromatic hydroxyl groups is 1. The Labute approximate surface area is 142 Å². The molecule has 1 unspecified atom stereocenters. The van der Waals surface area contributed by atoms with Crippen LogP contribution in [-0.2, 0) is 16.0 Å². The van der Waals surface area contributed by atoms with Crippen molar-refractivity contribution in [2.24, 2.45) is 0 Å². The predicted octanol–water partition coefficient (Wildman–Crippen LogP) is 0.565. The van der Waals surface area contributed by atoms with Gasteiger partial charge in [0.25, 0.3) is 0 Å². The van der Waals surface area contributed by atoms with Gasteiger partial charge in [-0.3, -0.25) is 4.79 Å². The highest BCUT2D eigenvalue weighted by molar-refractivity contribution is 5.74. The molecule has 25 heavy (non-hydrogen) atoms. The van der Waals surface area contributed by atoms with Crippen LogP contribution >= 0.6 is 0 Å². The zero-order chi connectivity index (χ0) is 17.8. The Kier molecular flexibility index (Phi) is 4.92. The SMILES string of the molecule is O=C(Cc1ccc(O)c(-n2nc3ccccc3n2)c1)OCC(O)CO. The fraction of sp³-hybridized carbons (Fsp3) is 0.235. The normalized spacial score (nSPS) is 12.2. The molecule has 0 amide bonds. The van der Waals surface area contributed by atoms with Gasteiger partial charge in [-0.2, -0.15) is 0 Å². The van der Waals surface area contributed by atoms with Crippen LogP contribution in [0.2, 0.25) is 0 Å². The van der Waals surface area contributed by atoms with E-state index in [1.165, 1.54) is 10.9 Å². The van der Waals surface area contributed by atoms with E-state index in [1.807, 2.05) is 24.3 Å². The van der Waals surface area contributed by atoms with Gasteiger partial charge in [-0.05, 0) is 29.8 Å². The number of aliphatic hydroxyl groups excluding tert-OH is 2. The van der Waals surface area contributed by atoms with Crippen LogP contribution in [0.5, 0.6) is 5.75 Å². The number of nitrogens with zero attached hydrogens (tertiary/aromatic N) is 3. The zero-order valence-electron chi connectivity index (χ0n) is 13.2. The average molecular weight is 343 g/mol. The maximum Gasteiger partial charge on any atom is 0.310 e. The highest BCUT2D eigenvalue weighted by Crippen LogP contribution is 2.23. The summed E-state index contributed by atoms with van der Waals surface area (Å²) < 4.78 is 4.87. The molecule has 0 spiro atoms. The molecule has 3 aromatic rings. The first-order valence-corrected chi connectivity index (χ1v) is 7.65. The summed E-state index contributed by atoms with van der Waals surface area (Å²) in [5.41, 5.74) is 2.31. The number of benzene rings is 2. The summed E-state index contributed by atoms with van der Waals surface area (Å²) in [5, 5.41) is 36.6. The summed E-state index contributed by atoms with van der Waals surface area (Å²) in [7, 11) is 0. The molecule has 3 rings (SSSR count). The van der Waals surface area contributed by atoms with E-state index in [0.29, 0.717) is 22.3 Å². The number of aromatic nitrogens is 3. The van der Waals surface area contributed by atoms with Crippen LogP contribution in [0.25, 0.3) is 16.7 Å². The highest BCUT2D eigenvalue weighted by atomic mass is 16.5. The zero-order valence-corrected chi connectivity index (χ0v) is 13.2. The number of hydrogen-bond donors (Lipinski definition) is 3. The molecule has 1 heterocycles. The monoisotopic (exact) mass is 343 g/mol. The number of aliphatic hydroxyl groups is 2. The van der Waals surface area contributed by atoms with Gasteiger partial charge in [0.05, 0.1) is 13.0 Å². The highest BCUT2D eigenvalue weighted by Gasteiger charge is 2.13. The average Bonchev–Trinajstić information content (AvgIpc) is 3.05. The molecule has 0 aliphatic carbocycles. The van der Waals surface area contributed by atoms with E-state index in [4.69, 9.17) is 9.84 Å². The van der Waals surface area contributed by atoms with Crippen LogP contribution < -0.4 is 0 Å². The van der Waals surface area contributed by atoms with Gasteiger partial charge < -0.3 is 20.1 Å². The van der Waals surface area contributed by atoms with E-state index in [-0.39, 0.29) is 18.8 Å². The molecule has 8 nitrogen and oxygen atoms in total. The lowest BCUT2D eigenvalue weighted by Crippen LogP contribution is -2.22. The van der Waals surface area contributed by atoms with Crippen LogP contribution in [0.15, 0.2) is 42.5 Å². The molecule has 0 saturated heterocycles. The lowest BCUT2D eigenvalue weighted by molar-refractivity contribution is -0.146. The molecule has 0 saturated carbocycles. The van der Waals surface area contributed by atoms with E-state index < -0.39 is 18.7 Å². The third kappa shape index (κ3) is 3.93. The van der Waals surface area contributed by atoms with Gasteiger partial charge >= 0.3 is 5.97 Å². The molecular weight excluding hydrogens is 326 g/mol. The number of carbonyl (C=O) groups is 1. The molecule has 1 aromatic heterocycles. The molecule has 8 heteroatoms. The first-order chi connectivity index (χ1) is 12.1. The van der Waals surface area contributed by atoms with E-state index in [2.05, 4.69) is 10.2 Å². The fourth-order valence-corrected chi connectivity index (χ4v) is 2.27. The Hall–Kier alpha value is -2.97. The molecule has 0 aliphatic heterocycles. The summed E-state index contributed by atoms with van der Waals surface area (Å²) in [6.07, 6.45) is -1.15. The van der Waals surface area contributed by atoms with Gasteiger partial charge in [-0.25, -0.2) is 0 Å². The quantitative estimate of drug-likeness (QED) is 0.560. The molecule has 0 aliphatic rings. The van der Waals surface area contributed by atoms with Gasteiger partial charge in [-0.15, -0.1) is 15.0 Å². The van der Waals surface area contributed by atoms with Crippen LogP contribution in [0.3, 0.4) is 0 Å². The van der Waals surface area contributed by atoms with Crippen molar-refractivity contribution in [1.82, 2.24) is 15.0 Å². The molecule has 0 bridgehead atoms. The first kappa shape index (κ1) is 16.9. The van der Waals surface area contributed by atoms with Gasteiger partial charge in [0.1, 0.15) is 35.2 Å². The van der Waals surface area contributed by atoms with Crippen molar-refractivity contribution in [3.8, 4) is 11.4 Å². The topological polar surface area (TPSA) is 118 Å².